The molecule has 0 aliphatic rings. The Morgan fingerprint density at radius 1 is 0.655 bits per heavy atom. The van der Waals surface area contributed by atoms with Crippen LogP contribution in [0, 0.1) is 6.07 Å². The Balaban J connectivity index is 2.02. The fraction of sp³-hybridized carbons (Fsp3) is 0.217. The topological polar surface area (TPSA) is 0 Å². The van der Waals surface area contributed by atoms with E-state index >= 15 is 0 Å². The third kappa shape index (κ3) is 5.00. The fourth-order valence-electron chi connectivity index (χ4n) is 3.49. The Hall–Kier alpha value is -2.76. The van der Waals surface area contributed by atoms with Gasteiger partial charge in [-0.15, -0.1) is 0 Å². The van der Waals surface area contributed by atoms with Crippen molar-refractivity contribution in [3.63, 3.8) is 0 Å². The van der Waals surface area contributed by atoms with Crippen LogP contribution in [0.5, 0.6) is 0 Å². The van der Waals surface area contributed by atoms with Crippen molar-refractivity contribution in [2.75, 3.05) is 0 Å². The Kier molecular flexibility index (Phi) is 6.01. The average Bonchev–Trinajstić information content (AvgIpc) is 2.68. The van der Waals surface area contributed by atoms with Crippen molar-refractivity contribution in [1.29, 1.82) is 0 Å². The van der Waals surface area contributed by atoms with Gasteiger partial charge in [-0.1, -0.05) is 60.7 Å². The molecular formula is C23H17F6. The Labute approximate surface area is 164 Å². The van der Waals surface area contributed by atoms with E-state index in [-0.39, 0.29) is 18.8 Å². The molecule has 0 N–H and O–H groups in total. The SMILES string of the molecule is FC(F)(F)c1c[c]cc(C(F)(F)F)c1CCC(c1ccccc1)c1ccccc1. The lowest BCUT2D eigenvalue weighted by Crippen LogP contribution is -2.17. The molecule has 0 bridgehead atoms. The molecule has 0 atom stereocenters. The minimum absolute atomic E-state index is 0.101. The quantitative estimate of drug-likeness (QED) is 0.390. The lowest BCUT2D eigenvalue weighted by Gasteiger charge is -2.22. The highest BCUT2D eigenvalue weighted by atomic mass is 19.4. The number of alkyl halides is 6. The summed E-state index contributed by atoms with van der Waals surface area (Å²) in [7, 11) is 0. The Bertz CT molecular complexity index is 855. The van der Waals surface area contributed by atoms with Crippen molar-refractivity contribution < 1.29 is 26.3 Å². The first kappa shape index (κ1) is 21.0. The summed E-state index contributed by atoms with van der Waals surface area (Å²) >= 11 is 0. The van der Waals surface area contributed by atoms with Crippen LogP contribution in [-0.2, 0) is 18.8 Å². The van der Waals surface area contributed by atoms with Gasteiger partial charge in [-0.3, -0.25) is 0 Å². The molecule has 29 heavy (non-hydrogen) atoms. The van der Waals surface area contributed by atoms with Crippen LogP contribution < -0.4 is 0 Å². The lowest BCUT2D eigenvalue weighted by atomic mass is 9.84. The first-order chi connectivity index (χ1) is 13.7. The van der Waals surface area contributed by atoms with Crippen molar-refractivity contribution in [2.24, 2.45) is 0 Å². The van der Waals surface area contributed by atoms with E-state index in [1.54, 1.807) is 24.3 Å². The number of benzene rings is 3. The summed E-state index contributed by atoms with van der Waals surface area (Å²) in [4.78, 5) is 0. The molecule has 0 aliphatic heterocycles. The van der Waals surface area contributed by atoms with Gasteiger partial charge < -0.3 is 0 Å². The minimum Gasteiger partial charge on any atom is -0.166 e. The Morgan fingerprint density at radius 2 is 1.07 bits per heavy atom. The number of hydrogen-bond acceptors (Lipinski definition) is 0. The Morgan fingerprint density at radius 3 is 1.45 bits per heavy atom. The molecule has 0 aromatic heterocycles. The molecule has 151 valence electrons. The molecule has 0 fully saturated rings. The molecule has 0 nitrogen and oxygen atoms in total. The molecule has 3 rings (SSSR count). The maximum Gasteiger partial charge on any atom is 0.416 e. The molecule has 1 radical (unpaired) electrons. The summed E-state index contributed by atoms with van der Waals surface area (Å²) in [5.74, 6) is -0.330. The molecule has 3 aromatic carbocycles. The molecule has 0 aliphatic carbocycles. The molecule has 3 aromatic rings. The van der Waals surface area contributed by atoms with Gasteiger partial charge in [-0.05, 0) is 47.7 Å². The second-order valence-electron chi connectivity index (χ2n) is 6.67. The first-order valence-electron chi connectivity index (χ1n) is 8.95. The van der Waals surface area contributed by atoms with E-state index in [4.69, 9.17) is 0 Å². The van der Waals surface area contributed by atoms with Crippen LogP contribution in [0.25, 0.3) is 0 Å². The molecule has 0 saturated heterocycles. The molecule has 0 spiro atoms. The van der Waals surface area contributed by atoms with Crippen LogP contribution >= 0.6 is 0 Å². The van der Waals surface area contributed by atoms with E-state index in [1.165, 1.54) is 0 Å². The van der Waals surface area contributed by atoms with Crippen molar-refractivity contribution in [3.05, 3.63) is 107 Å². The van der Waals surface area contributed by atoms with Gasteiger partial charge in [-0.2, -0.15) is 26.3 Å². The summed E-state index contributed by atoms with van der Waals surface area (Å²) in [6.07, 6.45) is -10.0. The summed E-state index contributed by atoms with van der Waals surface area (Å²) in [5.41, 5.74) is -1.63. The highest BCUT2D eigenvalue weighted by Gasteiger charge is 2.40. The van der Waals surface area contributed by atoms with Crippen LogP contribution in [0.2, 0.25) is 0 Å². The third-order valence-corrected chi connectivity index (χ3v) is 4.80. The lowest BCUT2D eigenvalue weighted by molar-refractivity contribution is -0.144. The molecule has 6 heteroatoms. The van der Waals surface area contributed by atoms with E-state index < -0.39 is 29.0 Å². The predicted octanol–water partition coefficient (Wildman–Crippen LogP) is 7.29. The van der Waals surface area contributed by atoms with Crippen LogP contribution in [0.3, 0.4) is 0 Å². The zero-order valence-electron chi connectivity index (χ0n) is 15.2. The van der Waals surface area contributed by atoms with Crippen molar-refractivity contribution in [3.8, 4) is 0 Å². The van der Waals surface area contributed by atoms with Gasteiger partial charge in [0.05, 0.1) is 11.1 Å². The normalized spacial score (nSPS) is 12.4. The van der Waals surface area contributed by atoms with Gasteiger partial charge in [-0.25, -0.2) is 0 Å². The summed E-state index contributed by atoms with van der Waals surface area (Å²) in [6.45, 7) is 0. The molecule has 0 amide bonds. The van der Waals surface area contributed by atoms with Gasteiger partial charge in [0.2, 0.25) is 0 Å². The van der Waals surface area contributed by atoms with Crippen LogP contribution in [-0.4, -0.2) is 0 Å². The number of rotatable bonds is 5. The van der Waals surface area contributed by atoms with E-state index in [0.29, 0.717) is 12.1 Å². The van der Waals surface area contributed by atoms with E-state index in [0.717, 1.165) is 11.1 Å². The molecule has 0 heterocycles. The summed E-state index contributed by atoms with van der Waals surface area (Å²) in [5, 5.41) is 0. The highest BCUT2D eigenvalue weighted by Crippen LogP contribution is 2.41. The van der Waals surface area contributed by atoms with Gasteiger partial charge >= 0.3 is 12.4 Å². The van der Waals surface area contributed by atoms with Gasteiger partial charge in [0.25, 0.3) is 0 Å². The zero-order valence-corrected chi connectivity index (χ0v) is 15.2. The summed E-state index contributed by atoms with van der Waals surface area (Å²) < 4.78 is 80.4. The predicted molar refractivity (Wildman–Crippen MR) is 98.3 cm³/mol. The monoisotopic (exact) mass is 407 g/mol. The van der Waals surface area contributed by atoms with E-state index in [9.17, 15) is 26.3 Å². The highest BCUT2D eigenvalue weighted by molar-refractivity contribution is 5.40. The largest absolute Gasteiger partial charge is 0.416 e. The average molecular weight is 407 g/mol. The zero-order chi connectivity index (χ0) is 21.1. The van der Waals surface area contributed by atoms with Gasteiger partial charge in [0, 0.05) is 5.92 Å². The number of halogens is 6. The van der Waals surface area contributed by atoms with Gasteiger partial charge in [0.1, 0.15) is 0 Å². The second-order valence-corrected chi connectivity index (χ2v) is 6.67. The number of hydrogen-bond donors (Lipinski definition) is 0. The minimum atomic E-state index is -4.89. The molecule has 0 unspecified atom stereocenters. The van der Waals surface area contributed by atoms with Crippen molar-refractivity contribution >= 4 is 0 Å². The van der Waals surface area contributed by atoms with Crippen LogP contribution in [0.4, 0.5) is 26.3 Å². The van der Waals surface area contributed by atoms with Crippen LogP contribution in [0.1, 0.15) is 40.2 Å². The van der Waals surface area contributed by atoms with Crippen LogP contribution in [0.15, 0.2) is 72.8 Å². The van der Waals surface area contributed by atoms with E-state index in [1.807, 2.05) is 42.5 Å². The maximum atomic E-state index is 13.4. The second kappa shape index (κ2) is 8.31. The van der Waals surface area contributed by atoms with Crippen molar-refractivity contribution in [2.45, 2.75) is 31.1 Å². The fourth-order valence-corrected chi connectivity index (χ4v) is 3.49. The van der Waals surface area contributed by atoms with Gasteiger partial charge in [0.15, 0.2) is 0 Å². The van der Waals surface area contributed by atoms with Crippen molar-refractivity contribution in [1.82, 2.24) is 0 Å². The standard InChI is InChI=1S/C23H17F6/c24-22(25,26)20-12-7-13-21(23(27,28)29)19(20)15-14-18(16-8-3-1-4-9-16)17-10-5-2-6-11-17/h1-6,8-13,18H,14-15H2. The maximum absolute atomic E-state index is 13.4. The molecular weight excluding hydrogens is 390 g/mol. The summed E-state index contributed by atoms with van der Waals surface area (Å²) in [6, 6.07) is 21.3. The van der Waals surface area contributed by atoms with E-state index in [2.05, 4.69) is 0 Å². The smallest absolute Gasteiger partial charge is 0.166 e. The molecule has 0 saturated carbocycles. The third-order valence-electron chi connectivity index (χ3n) is 4.80. The first-order valence-corrected chi connectivity index (χ1v) is 8.95.